The zero-order chi connectivity index (χ0) is 11.6. The maximum atomic E-state index is 3.45. The van der Waals surface area contributed by atoms with Gasteiger partial charge >= 0.3 is 0 Å². The smallest absolute Gasteiger partial charge is 0.00436 e. The van der Waals surface area contributed by atoms with Crippen LogP contribution in [-0.2, 0) is 6.42 Å². The Morgan fingerprint density at radius 3 is 2.50 bits per heavy atom. The molecule has 1 nitrogen and oxygen atoms in total. The van der Waals surface area contributed by atoms with Crippen LogP contribution in [-0.4, -0.2) is 13.1 Å². The minimum atomic E-state index is 0.505. The van der Waals surface area contributed by atoms with Crippen molar-refractivity contribution < 1.29 is 0 Å². The fraction of sp³-hybridized carbons (Fsp3) is 0.600. The van der Waals surface area contributed by atoms with E-state index in [1.54, 1.807) is 0 Å². The average molecular weight is 217 g/mol. The summed E-state index contributed by atoms with van der Waals surface area (Å²) in [4.78, 5) is 0. The maximum absolute atomic E-state index is 3.45. The van der Waals surface area contributed by atoms with Crippen LogP contribution in [0.1, 0.15) is 36.5 Å². The number of aryl methyl sites for hydroxylation is 2. The first-order valence-corrected chi connectivity index (χ1v) is 6.36. The second kappa shape index (κ2) is 4.58. The van der Waals surface area contributed by atoms with Gasteiger partial charge in [0.1, 0.15) is 0 Å². The lowest BCUT2D eigenvalue weighted by Gasteiger charge is -2.34. The van der Waals surface area contributed by atoms with Gasteiger partial charge in [-0.2, -0.15) is 0 Å². The van der Waals surface area contributed by atoms with Crippen LogP contribution < -0.4 is 5.32 Å². The summed E-state index contributed by atoms with van der Waals surface area (Å²) in [6, 6.07) is 6.87. The third-order valence-electron chi connectivity index (χ3n) is 3.93. The largest absolute Gasteiger partial charge is 0.317 e. The van der Waals surface area contributed by atoms with Crippen molar-refractivity contribution in [2.24, 2.45) is 5.41 Å². The van der Waals surface area contributed by atoms with Crippen LogP contribution in [0.25, 0.3) is 0 Å². The van der Waals surface area contributed by atoms with Crippen molar-refractivity contribution in [3.63, 3.8) is 0 Å². The van der Waals surface area contributed by atoms with E-state index in [2.05, 4.69) is 44.3 Å². The van der Waals surface area contributed by atoms with E-state index in [1.807, 2.05) is 0 Å². The molecule has 1 heterocycles. The van der Waals surface area contributed by atoms with Gasteiger partial charge in [0.25, 0.3) is 0 Å². The Morgan fingerprint density at radius 2 is 1.88 bits per heavy atom. The van der Waals surface area contributed by atoms with E-state index in [-0.39, 0.29) is 0 Å². The third kappa shape index (κ3) is 2.65. The Balaban J connectivity index is 2.13. The summed E-state index contributed by atoms with van der Waals surface area (Å²) in [5.74, 6) is 0. The summed E-state index contributed by atoms with van der Waals surface area (Å²) in [6.07, 6.45) is 3.85. The first kappa shape index (κ1) is 11.7. The van der Waals surface area contributed by atoms with Crippen LogP contribution in [0.3, 0.4) is 0 Å². The van der Waals surface area contributed by atoms with E-state index >= 15 is 0 Å². The molecule has 0 radical (unpaired) electrons. The van der Waals surface area contributed by atoms with Crippen LogP contribution >= 0.6 is 0 Å². The lowest BCUT2D eigenvalue weighted by atomic mass is 9.75. The second-order valence-electron chi connectivity index (χ2n) is 5.67. The lowest BCUT2D eigenvalue weighted by molar-refractivity contribution is 0.228. The fourth-order valence-electron chi connectivity index (χ4n) is 2.71. The van der Waals surface area contributed by atoms with Crippen molar-refractivity contribution in [1.29, 1.82) is 0 Å². The van der Waals surface area contributed by atoms with E-state index in [0.717, 1.165) is 0 Å². The molecule has 0 aliphatic carbocycles. The van der Waals surface area contributed by atoms with Gasteiger partial charge in [0, 0.05) is 0 Å². The van der Waals surface area contributed by atoms with Crippen molar-refractivity contribution in [3.05, 3.63) is 34.9 Å². The zero-order valence-corrected chi connectivity index (χ0v) is 10.8. The molecule has 0 aromatic heterocycles. The summed E-state index contributed by atoms with van der Waals surface area (Å²) in [6.45, 7) is 9.21. The second-order valence-corrected chi connectivity index (χ2v) is 5.67. The minimum Gasteiger partial charge on any atom is -0.317 e. The van der Waals surface area contributed by atoms with Gasteiger partial charge in [-0.15, -0.1) is 0 Å². The van der Waals surface area contributed by atoms with E-state index in [0.29, 0.717) is 5.41 Å². The molecule has 1 aliphatic rings. The van der Waals surface area contributed by atoms with Gasteiger partial charge in [0.05, 0.1) is 0 Å². The van der Waals surface area contributed by atoms with Crippen molar-refractivity contribution in [1.82, 2.24) is 5.32 Å². The van der Waals surface area contributed by atoms with E-state index < -0.39 is 0 Å². The molecule has 2 rings (SSSR count). The molecule has 0 bridgehead atoms. The third-order valence-corrected chi connectivity index (χ3v) is 3.93. The molecule has 16 heavy (non-hydrogen) atoms. The molecule has 0 saturated carbocycles. The summed E-state index contributed by atoms with van der Waals surface area (Å²) in [7, 11) is 0. The number of benzene rings is 1. The average Bonchev–Trinajstić information content (AvgIpc) is 2.23. The predicted molar refractivity (Wildman–Crippen MR) is 69.8 cm³/mol. The molecule has 0 amide bonds. The summed E-state index contributed by atoms with van der Waals surface area (Å²) >= 11 is 0. The van der Waals surface area contributed by atoms with Crippen molar-refractivity contribution in [2.75, 3.05) is 13.1 Å². The van der Waals surface area contributed by atoms with Gasteiger partial charge in [-0.3, -0.25) is 0 Å². The highest BCUT2D eigenvalue weighted by molar-refractivity contribution is 5.31. The predicted octanol–water partition coefficient (Wildman–Crippen LogP) is 3.24. The Labute approximate surface area is 99.3 Å². The minimum absolute atomic E-state index is 0.505. The Bertz CT molecular complexity index is 362. The number of nitrogens with one attached hydrogen (secondary N) is 1. The normalized spacial score (nSPS) is 19.7. The molecule has 1 saturated heterocycles. The van der Waals surface area contributed by atoms with Gasteiger partial charge in [-0.25, -0.2) is 0 Å². The van der Waals surface area contributed by atoms with Crippen LogP contribution in [0.4, 0.5) is 0 Å². The molecular weight excluding hydrogens is 194 g/mol. The molecule has 1 N–H and O–H groups in total. The van der Waals surface area contributed by atoms with Crippen molar-refractivity contribution in [3.8, 4) is 0 Å². The molecule has 1 aromatic rings. The Kier molecular flexibility index (Phi) is 3.34. The molecule has 0 atom stereocenters. The SMILES string of the molecule is Cc1ccc(CC2(C)CCNCC2)c(C)c1. The number of rotatable bonds is 2. The lowest BCUT2D eigenvalue weighted by Crippen LogP contribution is -2.36. The zero-order valence-electron chi connectivity index (χ0n) is 10.8. The fourth-order valence-corrected chi connectivity index (χ4v) is 2.71. The number of piperidine rings is 1. The van der Waals surface area contributed by atoms with Crippen molar-refractivity contribution in [2.45, 2.75) is 40.0 Å². The first-order chi connectivity index (χ1) is 7.59. The number of hydrogen-bond acceptors (Lipinski definition) is 1. The van der Waals surface area contributed by atoms with Crippen molar-refractivity contribution >= 4 is 0 Å². The topological polar surface area (TPSA) is 12.0 Å². The molecule has 88 valence electrons. The Hall–Kier alpha value is -0.820. The highest BCUT2D eigenvalue weighted by Crippen LogP contribution is 2.33. The summed E-state index contributed by atoms with van der Waals surface area (Å²) < 4.78 is 0. The quantitative estimate of drug-likeness (QED) is 0.802. The Morgan fingerprint density at radius 1 is 1.19 bits per heavy atom. The molecule has 0 unspecified atom stereocenters. The van der Waals surface area contributed by atoms with Crippen LogP contribution in [0, 0.1) is 19.3 Å². The standard InChI is InChI=1S/C15H23N/c1-12-4-5-14(13(2)10-12)11-15(3)6-8-16-9-7-15/h4-5,10,16H,6-9,11H2,1-3H3. The molecule has 0 spiro atoms. The molecule has 1 fully saturated rings. The monoisotopic (exact) mass is 217 g/mol. The van der Waals surface area contributed by atoms with E-state index in [4.69, 9.17) is 0 Å². The summed E-state index contributed by atoms with van der Waals surface area (Å²) in [5, 5.41) is 3.45. The molecule has 1 aromatic carbocycles. The van der Waals surface area contributed by atoms with Gasteiger partial charge in [0.15, 0.2) is 0 Å². The maximum Gasteiger partial charge on any atom is -0.00436 e. The first-order valence-electron chi connectivity index (χ1n) is 6.36. The van der Waals surface area contributed by atoms with Gasteiger partial charge in [-0.05, 0) is 62.7 Å². The van der Waals surface area contributed by atoms with Crippen LogP contribution in [0.2, 0.25) is 0 Å². The highest BCUT2D eigenvalue weighted by atomic mass is 14.9. The van der Waals surface area contributed by atoms with E-state index in [9.17, 15) is 0 Å². The summed E-state index contributed by atoms with van der Waals surface area (Å²) in [5.41, 5.74) is 4.87. The highest BCUT2D eigenvalue weighted by Gasteiger charge is 2.27. The molecular formula is C15H23N. The van der Waals surface area contributed by atoms with Gasteiger partial charge in [0.2, 0.25) is 0 Å². The molecule has 1 aliphatic heterocycles. The van der Waals surface area contributed by atoms with Gasteiger partial charge in [-0.1, -0.05) is 30.7 Å². The van der Waals surface area contributed by atoms with Crippen LogP contribution in [0.5, 0.6) is 0 Å². The van der Waals surface area contributed by atoms with Gasteiger partial charge < -0.3 is 5.32 Å². The van der Waals surface area contributed by atoms with Crippen LogP contribution in [0.15, 0.2) is 18.2 Å². The van der Waals surface area contributed by atoms with E-state index in [1.165, 1.54) is 49.0 Å². The number of hydrogen-bond donors (Lipinski definition) is 1. The molecule has 1 heteroatoms.